The van der Waals surface area contributed by atoms with Gasteiger partial charge in [-0.2, -0.15) is 0 Å². The first-order valence-corrected chi connectivity index (χ1v) is 11.5. The Morgan fingerprint density at radius 1 is 1.17 bits per heavy atom. The topological polar surface area (TPSA) is 62.6 Å². The van der Waals surface area contributed by atoms with E-state index >= 15 is 0 Å². The van der Waals surface area contributed by atoms with Crippen molar-refractivity contribution in [3.63, 3.8) is 0 Å². The van der Waals surface area contributed by atoms with Gasteiger partial charge in [-0.05, 0) is 44.4 Å². The lowest BCUT2D eigenvalue weighted by atomic mass is 10.1. The highest BCUT2D eigenvalue weighted by Crippen LogP contribution is 2.34. The number of para-hydroxylation sites is 1. The molecule has 2 N–H and O–H groups in total. The Labute approximate surface area is 181 Å². The molecule has 1 fully saturated rings. The first-order chi connectivity index (χ1) is 14.5. The maximum Gasteiger partial charge on any atom is 0.279 e. The predicted molar refractivity (Wildman–Crippen MR) is 124 cm³/mol. The summed E-state index contributed by atoms with van der Waals surface area (Å²) in [7, 11) is 0. The molecule has 3 heterocycles. The largest absolute Gasteiger partial charge is 0.345 e. The molecule has 158 valence electrons. The highest BCUT2D eigenvalue weighted by molar-refractivity contribution is 7.18. The highest BCUT2D eigenvalue weighted by Gasteiger charge is 2.26. The van der Waals surface area contributed by atoms with Gasteiger partial charge in [0.2, 0.25) is 0 Å². The van der Waals surface area contributed by atoms with Crippen LogP contribution in [0.25, 0.3) is 10.2 Å². The second kappa shape index (κ2) is 8.70. The molecule has 3 aromatic rings. The third kappa shape index (κ3) is 4.18. The molecule has 30 heavy (non-hydrogen) atoms. The maximum absolute atomic E-state index is 12.6. The fourth-order valence-corrected chi connectivity index (χ4v) is 5.21. The summed E-state index contributed by atoms with van der Waals surface area (Å²) in [5.74, 6) is 1.96. The monoisotopic (exact) mass is 424 g/mol. The van der Waals surface area contributed by atoms with Crippen molar-refractivity contribution in [3.05, 3.63) is 46.1 Å². The Balaban J connectivity index is 1.41. The van der Waals surface area contributed by atoms with E-state index in [0.717, 1.165) is 54.8 Å². The lowest BCUT2D eigenvalue weighted by molar-refractivity contribution is -0.892. The van der Waals surface area contributed by atoms with Crippen LogP contribution in [0.2, 0.25) is 0 Å². The Bertz CT molecular complexity index is 1070. The molecule has 0 aliphatic carbocycles. The molecule has 7 heteroatoms. The van der Waals surface area contributed by atoms with E-state index in [1.54, 1.807) is 11.3 Å². The molecule has 0 atom stereocenters. The Hall–Kier alpha value is -2.51. The second-order valence-corrected chi connectivity index (χ2v) is 9.23. The van der Waals surface area contributed by atoms with Crippen LogP contribution < -0.4 is 15.1 Å². The summed E-state index contributed by atoms with van der Waals surface area (Å²) in [4.78, 5) is 28.1. The average molecular weight is 425 g/mol. The van der Waals surface area contributed by atoms with Gasteiger partial charge in [-0.3, -0.25) is 4.79 Å². The van der Waals surface area contributed by atoms with Crippen LogP contribution in [-0.2, 0) is 11.2 Å². The summed E-state index contributed by atoms with van der Waals surface area (Å²) in [6.45, 7) is 12.5. The molecule has 6 nitrogen and oxygen atoms in total. The van der Waals surface area contributed by atoms with Crippen molar-refractivity contribution in [2.24, 2.45) is 0 Å². The summed E-state index contributed by atoms with van der Waals surface area (Å²) < 4.78 is 0. The number of carbonyl (C=O) groups excluding carboxylic acids is 1. The number of aromatic nitrogens is 2. The third-order valence-electron chi connectivity index (χ3n) is 5.97. The van der Waals surface area contributed by atoms with Gasteiger partial charge in [0.05, 0.1) is 31.6 Å². The van der Waals surface area contributed by atoms with Gasteiger partial charge >= 0.3 is 0 Å². The van der Waals surface area contributed by atoms with Crippen LogP contribution in [0.4, 0.5) is 11.5 Å². The molecule has 1 aliphatic rings. The smallest absolute Gasteiger partial charge is 0.279 e. The maximum atomic E-state index is 12.6. The first kappa shape index (κ1) is 20.8. The quantitative estimate of drug-likeness (QED) is 0.661. The molecule has 1 aliphatic heterocycles. The van der Waals surface area contributed by atoms with E-state index in [2.05, 4.69) is 42.0 Å². The molecule has 0 saturated carbocycles. The zero-order valence-electron chi connectivity index (χ0n) is 18.2. The lowest BCUT2D eigenvalue weighted by Crippen LogP contribution is -3.15. The van der Waals surface area contributed by atoms with Crippen LogP contribution in [0.5, 0.6) is 0 Å². The summed E-state index contributed by atoms with van der Waals surface area (Å²) in [6.07, 6.45) is 0.913. The van der Waals surface area contributed by atoms with Gasteiger partial charge in [-0.25, -0.2) is 9.97 Å². The van der Waals surface area contributed by atoms with E-state index < -0.39 is 0 Å². The summed E-state index contributed by atoms with van der Waals surface area (Å²) in [6, 6.07) is 8.04. The lowest BCUT2D eigenvalue weighted by Gasteiger charge is -2.33. The zero-order chi connectivity index (χ0) is 21.3. The van der Waals surface area contributed by atoms with Crippen LogP contribution in [-0.4, -0.2) is 48.6 Å². The number of hydrogen-bond acceptors (Lipinski definition) is 5. The third-order valence-corrected chi connectivity index (χ3v) is 7.08. The van der Waals surface area contributed by atoms with Crippen molar-refractivity contribution in [3.8, 4) is 0 Å². The van der Waals surface area contributed by atoms with E-state index in [1.165, 1.54) is 26.3 Å². The summed E-state index contributed by atoms with van der Waals surface area (Å²) in [5, 5.41) is 4.30. The molecular weight excluding hydrogens is 394 g/mol. The summed E-state index contributed by atoms with van der Waals surface area (Å²) >= 11 is 1.75. The van der Waals surface area contributed by atoms with Crippen LogP contribution in [0.3, 0.4) is 0 Å². The van der Waals surface area contributed by atoms with Crippen LogP contribution in [0.1, 0.15) is 28.8 Å². The van der Waals surface area contributed by atoms with Gasteiger partial charge < -0.3 is 15.1 Å². The molecule has 1 aromatic carbocycles. The zero-order valence-corrected chi connectivity index (χ0v) is 19.0. The van der Waals surface area contributed by atoms with Crippen LogP contribution in [0.15, 0.2) is 24.3 Å². The van der Waals surface area contributed by atoms with Crippen molar-refractivity contribution in [2.45, 2.75) is 34.1 Å². The fourth-order valence-electron chi connectivity index (χ4n) is 4.14. The molecule has 0 bridgehead atoms. The molecule has 1 amide bonds. The number of anilines is 2. The molecule has 2 aromatic heterocycles. The number of rotatable bonds is 5. The minimum absolute atomic E-state index is 0.0870. The molecule has 0 spiro atoms. The predicted octanol–water partition coefficient (Wildman–Crippen LogP) is 2.52. The highest BCUT2D eigenvalue weighted by atomic mass is 32.1. The molecule has 4 rings (SSSR count). The number of piperazine rings is 1. The number of amides is 1. The van der Waals surface area contributed by atoms with Crippen molar-refractivity contribution in [2.75, 3.05) is 42.9 Å². The van der Waals surface area contributed by atoms with Crippen molar-refractivity contribution >= 4 is 39.0 Å². The minimum Gasteiger partial charge on any atom is -0.345 e. The van der Waals surface area contributed by atoms with Gasteiger partial charge in [-0.15, -0.1) is 11.3 Å². The number of aryl methyl sites for hydroxylation is 4. The Kier molecular flexibility index (Phi) is 6.01. The first-order valence-electron chi connectivity index (χ1n) is 10.7. The molecule has 0 radical (unpaired) electrons. The molecule has 0 unspecified atom stereocenters. The number of nitrogens with zero attached hydrogens (tertiary/aromatic N) is 3. The van der Waals surface area contributed by atoms with E-state index in [-0.39, 0.29) is 5.91 Å². The fraction of sp³-hybridized carbons (Fsp3) is 0.435. The van der Waals surface area contributed by atoms with E-state index in [4.69, 9.17) is 4.98 Å². The number of hydrogen-bond donors (Lipinski definition) is 2. The van der Waals surface area contributed by atoms with Gasteiger partial charge in [0.1, 0.15) is 16.5 Å². The number of benzene rings is 1. The Morgan fingerprint density at radius 2 is 1.90 bits per heavy atom. The summed E-state index contributed by atoms with van der Waals surface area (Å²) in [5.41, 5.74) is 3.40. The number of quaternary nitrogens is 1. The Morgan fingerprint density at radius 3 is 2.63 bits per heavy atom. The van der Waals surface area contributed by atoms with Crippen molar-refractivity contribution in [1.29, 1.82) is 0 Å². The van der Waals surface area contributed by atoms with Gasteiger partial charge in [0.15, 0.2) is 6.54 Å². The number of carbonyl (C=O) groups is 1. The van der Waals surface area contributed by atoms with Crippen molar-refractivity contribution in [1.82, 2.24) is 9.97 Å². The van der Waals surface area contributed by atoms with Gasteiger partial charge in [0, 0.05) is 10.6 Å². The van der Waals surface area contributed by atoms with Gasteiger partial charge in [-0.1, -0.05) is 25.1 Å². The van der Waals surface area contributed by atoms with E-state index in [9.17, 15) is 4.79 Å². The van der Waals surface area contributed by atoms with Crippen LogP contribution in [0, 0.1) is 20.8 Å². The number of nitrogens with one attached hydrogen (secondary N) is 2. The number of thiophene rings is 1. The van der Waals surface area contributed by atoms with Crippen molar-refractivity contribution < 1.29 is 9.69 Å². The normalized spacial score (nSPS) is 15.0. The van der Waals surface area contributed by atoms with E-state index in [1.807, 2.05) is 25.1 Å². The molecule has 1 saturated heterocycles. The second-order valence-electron chi connectivity index (χ2n) is 8.03. The molecular formula is C23H30N5OS+. The average Bonchev–Trinajstić information content (AvgIpc) is 3.01. The van der Waals surface area contributed by atoms with Crippen LogP contribution >= 0.6 is 11.3 Å². The van der Waals surface area contributed by atoms with E-state index in [0.29, 0.717) is 6.54 Å². The number of fused-ring (bicyclic) bond motifs is 1. The van der Waals surface area contributed by atoms with Gasteiger partial charge in [0.25, 0.3) is 5.91 Å². The standard InChI is InChI=1S/C23H29N5OS/c1-5-18-8-6-7-9-19(18)26-20(29)14-27-10-12-28(13-11-27)22-21-15(2)16(3)30-23(21)25-17(4)24-22/h6-9H,5,10-14H2,1-4H3,(H,26,29)/p+1. The minimum atomic E-state index is 0.0870. The SMILES string of the molecule is CCc1ccccc1NC(=O)C[NH+]1CCN(c2nc(C)nc3sc(C)c(C)c23)CC1.